The number of benzene rings is 4. The Morgan fingerprint density at radius 1 is 0.939 bits per heavy atom. The van der Waals surface area contributed by atoms with E-state index in [1.807, 2.05) is 79.7 Å². The van der Waals surface area contributed by atoms with Gasteiger partial charge in [-0.25, -0.2) is 0 Å². The minimum atomic E-state index is -0.0994. The number of thioether (sulfide) groups is 1. The van der Waals surface area contributed by atoms with Gasteiger partial charge in [-0.1, -0.05) is 90.7 Å². The number of carbonyl (C=O) groups is 1. The maximum absolute atomic E-state index is 13.1. The average Bonchev–Trinajstić information content (AvgIpc) is 3.10. The zero-order chi connectivity index (χ0) is 22.8. The standard InChI is InChI=1S/C28H21NO2S2/c1-19-7-4-12-23(15-19)29-27(30)26(33-28(29)32)17-20-8-5-13-24(16-20)31-18-22-11-6-10-21-9-2-3-14-25(21)22/h2-17H,18H2,1H3/b26-17+. The number of thiocarbonyl (C=S) groups is 1. The van der Waals surface area contributed by atoms with Crippen molar-refractivity contribution in [1.82, 2.24) is 0 Å². The highest BCUT2D eigenvalue weighted by Crippen LogP contribution is 2.36. The molecule has 3 nitrogen and oxygen atoms in total. The molecule has 5 rings (SSSR count). The predicted molar refractivity (Wildman–Crippen MR) is 142 cm³/mol. The molecule has 1 saturated heterocycles. The Morgan fingerprint density at radius 3 is 2.61 bits per heavy atom. The van der Waals surface area contributed by atoms with Gasteiger partial charge in [-0.05, 0) is 64.7 Å². The van der Waals surface area contributed by atoms with Crippen molar-refractivity contribution < 1.29 is 9.53 Å². The highest BCUT2D eigenvalue weighted by Gasteiger charge is 2.33. The van der Waals surface area contributed by atoms with Crippen LogP contribution in [0, 0.1) is 6.92 Å². The lowest BCUT2D eigenvalue weighted by molar-refractivity contribution is -0.113. The lowest BCUT2D eigenvalue weighted by atomic mass is 10.1. The smallest absolute Gasteiger partial charge is 0.270 e. The number of aryl methyl sites for hydroxylation is 1. The second-order valence-electron chi connectivity index (χ2n) is 7.86. The minimum Gasteiger partial charge on any atom is -0.489 e. The molecule has 0 radical (unpaired) electrons. The fourth-order valence-electron chi connectivity index (χ4n) is 3.88. The quantitative estimate of drug-likeness (QED) is 0.231. The molecule has 0 aromatic heterocycles. The van der Waals surface area contributed by atoms with Gasteiger partial charge in [0.15, 0.2) is 4.32 Å². The lowest BCUT2D eigenvalue weighted by Crippen LogP contribution is -2.27. The Balaban J connectivity index is 1.35. The van der Waals surface area contributed by atoms with Crippen LogP contribution in [0.1, 0.15) is 16.7 Å². The van der Waals surface area contributed by atoms with Crippen LogP contribution in [0.4, 0.5) is 5.69 Å². The zero-order valence-electron chi connectivity index (χ0n) is 18.0. The van der Waals surface area contributed by atoms with Crippen molar-refractivity contribution in [2.24, 2.45) is 0 Å². The molecule has 0 atom stereocenters. The van der Waals surface area contributed by atoms with Crippen LogP contribution in [0.15, 0.2) is 95.9 Å². The van der Waals surface area contributed by atoms with Crippen molar-refractivity contribution in [3.63, 3.8) is 0 Å². The Morgan fingerprint density at radius 2 is 1.73 bits per heavy atom. The van der Waals surface area contributed by atoms with Gasteiger partial charge in [0.25, 0.3) is 5.91 Å². The topological polar surface area (TPSA) is 29.5 Å². The molecule has 4 aromatic rings. The fraction of sp³-hybridized carbons (Fsp3) is 0.0714. The summed E-state index contributed by atoms with van der Waals surface area (Å²) < 4.78 is 6.64. The van der Waals surface area contributed by atoms with Gasteiger partial charge in [0, 0.05) is 0 Å². The van der Waals surface area contributed by atoms with Gasteiger partial charge in [-0.15, -0.1) is 0 Å². The molecule has 1 amide bonds. The van der Waals surface area contributed by atoms with E-state index < -0.39 is 0 Å². The van der Waals surface area contributed by atoms with E-state index in [0.717, 1.165) is 28.1 Å². The first-order valence-electron chi connectivity index (χ1n) is 10.6. The normalized spacial score (nSPS) is 14.9. The van der Waals surface area contributed by atoms with Gasteiger partial charge < -0.3 is 4.74 Å². The van der Waals surface area contributed by atoms with Gasteiger partial charge >= 0.3 is 0 Å². The molecular formula is C28H21NO2S2. The molecule has 0 saturated carbocycles. The number of rotatable bonds is 5. The van der Waals surface area contributed by atoms with Crippen molar-refractivity contribution in [3.05, 3.63) is 113 Å². The van der Waals surface area contributed by atoms with E-state index in [0.29, 0.717) is 15.8 Å². The SMILES string of the molecule is Cc1cccc(N2C(=O)/C(=C\c3cccc(OCc4cccc5ccccc45)c3)SC2=S)c1. The molecule has 1 aliphatic rings. The van der Waals surface area contributed by atoms with E-state index in [9.17, 15) is 4.79 Å². The van der Waals surface area contributed by atoms with Gasteiger partial charge in [-0.3, -0.25) is 9.69 Å². The Hall–Kier alpha value is -3.41. The summed E-state index contributed by atoms with van der Waals surface area (Å²) in [5.41, 5.74) is 3.92. The van der Waals surface area contributed by atoms with E-state index >= 15 is 0 Å². The van der Waals surface area contributed by atoms with Crippen LogP contribution in [-0.4, -0.2) is 10.2 Å². The number of nitrogens with zero attached hydrogens (tertiary/aromatic N) is 1. The molecule has 0 N–H and O–H groups in total. The Kier molecular flexibility index (Phi) is 5.99. The van der Waals surface area contributed by atoms with E-state index in [1.165, 1.54) is 22.5 Å². The molecule has 4 aromatic carbocycles. The summed E-state index contributed by atoms with van der Waals surface area (Å²) in [6.07, 6.45) is 1.87. The Bertz CT molecular complexity index is 1400. The number of hydrogen-bond donors (Lipinski definition) is 0. The highest BCUT2D eigenvalue weighted by atomic mass is 32.2. The third kappa shape index (κ3) is 4.56. The summed E-state index contributed by atoms with van der Waals surface area (Å²) in [6.45, 7) is 2.47. The lowest BCUT2D eigenvalue weighted by Gasteiger charge is -2.14. The first-order chi connectivity index (χ1) is 16.1. The van der Waals surface area contributed by atoms with Crippen molar-refractivity contribution in [1.29, 1.82) is 0 Å². The minimum absolute atomic E-state index is 0.0994. The van der Waals surface area contributed by atoms with E-state index in [2.05, 4.69) is 24.3 Å². The van der Waals surface area contributed by atoms with Crippen LogP contribution >= 0.6 is 24.0 Å². The summed E-state index contributed by atoms with van der Waals surface area (Å²) in [6, 6.07) is 30.1. The number of amides is 1. The Labute approximate surface area is 202 Å². The van der Waals surface area contributed by atoms with Gasteiger partial charge in [0.2, 0.25) is 0 Å². The number of fused-ring (bicyclic) bond motifs is 1. The van der Waals surface area contributed by atoms with Crippen LogP contribution in [0.25, 0.3) is 16.8 Å². The van der Waals surface area contributed by atoms with Crippen molar-refractivity contribution in [2.75, 3.05) is 4.90 Å². The molecule has 0 bridgehead atoms. The molecule has 1 fully saturated rings. The second kappa shape index (κ2) is 9.22. The van der Waals surface area contributed by atoms with Gasteiger partial charge in [0.05, 0.1) is 10.6 Å². The third-order valence-electron chi connectivity index (χ3n) is 5.48. The molecule has 5 heteroatoms. The molecule has 0 unspecified atom stereocenters. The largest absolute Gasteiger partial charge is 0.489 e. The van der Waals surface area contributed by atoms with Crippen molar-refractivity contribution >= 4 is 56.7 Å². The van der Waals surface area contributed by atoms with Crippen LogP contribution in [0.2, 0.25) is 0 Å². The molecule has 0 aliphatic carbocycles. The van der Waals surface area contributed by atoms with Crippen LogP contribution in [0.3, 0.4) is 0 Å². The predicted octanol–water partition coefficient (Wildman–Crippen LogP) is 7.13. The van der Waals surface area contributed by atoms with E-state index in [-0.39, 0.29) is 5.91 Å². The van der Waals surface area contributed by atoms with Crippen molar-refractivity contribution in [3.8, 4) is 5.75 Å². The molecule has 1 heterocycles. The molecule has 162 valence electrons. The first-order valence-corrected chi connectivity index (χ1v) is 11.8. The molecule has 0 spiro atoms. The van der Waals surface area contributed by atoms with Gasteiger partial charge in [-0.2, -0.15) is 0 Å². The first kappa shape index (κ1) is 21.4. The molecule has 33 heavy (non-hydrogen) atoms. The molecule has 1 aliphatic heterocycles. The van der Waals surface area contributed by atoms with Crippen LogP contribution in [-0.2, 0) is 11.4 Å². The summed E-state index contributed by atoms with van der Waals surface area (Å²) in [4.78, 5) is 15.3. The van der Waals surface area contributed by atoms with Gasteiger partial charge in [0.1, 0.15) is 12.4 Å². The van der Waals surface area contributed by atoms with E-state index in [1.54, 1.807) is 4.90 Å². The summed E-state index contributed by atoms with van der Waals surface area (Å²) in [7, 11) is 0. The average molecular weight is 468 g/mol. The number of ether oxygens (including phenoxy) is 1. The summed E-state index contributed by atoms with van der Waals surface area (Å²) in [5.74, 6) is 0.656. The number of anilines is 1. The number of carbonyl (C=O) groups excluding carboxylic acids is 1. The maximum atomic E-state index is 13.1. The summed E-state index contributed by atoms with van der Waals surface area (Å²) in [5, 5.41) is 2.39. The zero-order valence-corrected chi connectivity index (χ0v) is 19.7. The monoisotopic (exact) mass is 467 g/mol. The molecular weight excluding hydrogens is 446 g/mol. The second-order valence-corrected chi connectivity index (χ2v) is 9.53. The van der Waals surface area contributed by atoms with Crippen molar-refractivity contribution in [2.45, 2.75) is 13.5 Å². The number of hydrogen-bond acceptors (Lipinski definition) is 4. The van der Waals surface area contributed by atoms with Crippen LogP contribution < -0.4 is 9.64 Å². The van der Waals surface area contributed by atoms with Crippen LogP contribution in [0.5, 0.6) is 5.75 Å². The third-order valence-corrected chi connectivity index (χ3v) is 6.79. The maximum Gasteiger partial charge on any atom is 0.270 e. The van der Waals surface area contributed by atoms with E-state index in [4.69, 9.17) is 17.0 Å². The fourth-order valence-corrected chi connectivity index (χ4v) is 5.18. The summed E-state index contributed by atoms with van der Waals surface area (Å²) >= 11 is 6.82. The highest BCUT2D eigenvalue weighted by molar-refractivity contribution is 8.27.